The fourth-order valence-corrected chi connectivity index (χ4v) is 5.03. The lowest BCUT2D eigenvalue weighted by molar-refractivity contribution is -0.123. The number of hydrogen-bond acceptors (Lipinski definition) is 7. The zero-order valence-corrected chi connectivity index (χ0v) is 23.3. The van der Waals surface area contributed by atoms with E-state index in [1.165, 1.54) is 0 Å². The molecule has 0 atom stereocenters. The van der Waals surface area contributed by atoms with Crippen LogP contribution in [0, 0.1) is 0 Å². The fraction of sp³-hybridized carbons (Fsp3) is 0.167. The molecule has 0 aromatic heterocycles. The van der Waals surface area contributed by atoms with Crippen LogP contribution in [-0.4, -0.2) is 34.9 Å². The summed E-state index contributed by atoms with van der Waals surface area (Å²) < 4.78 is 17.5. The molecule has 9 heteroatoms. The number of benzene rings is 3. The highest BCUT2D eigenvalue weighted by Gasteiger charge is 2.34. The van der Waals surface area contributed by atoms with Crippen LogP contribution in [0.1, 0.15) is 34.0 Å². The first kappa shape index (κ1) is 27.9. The van der Waals surface area contributed by atoms with Crippen molar-refractivity contribution >= 4 is 46.2 Å². The molecule has 0 bridgehead atoms. The van der Waals surface area contributed by atoms with Crippen LogP contribution in [0.15, 0.2) is 84.3 Å². The Morgan fingerprint density at radius 1 is 1.10 bits per heavy atom. The normalized spacial score (nSPS) is 13.9. The first-order valence-corrected chi connectivity index (χ1v) is 13.5. The van der Waals surface area contributed by atoms with Crippen LogP contribution in [0.4, 0.5) is 0 Å². The summed E-state index contributed by atoms with van der Waals surface area (Å²) in [6, 6.07) is 20.2. The zero-order valence-electron chi connectivity index (χ0n) is 21.6. The van der Waals surface area contributed by atoms with Crippen LogP contribution in [0.3, 0.4) is 0 Å². The highest BCUT2D eigenvalue weighted by molar-refractivity contribution is 8.26. The predicted octanol–water partition coefficient (Wildman–Crippen LogP) is 5.95. The van der Waals surface area contributed by atoms with Crippen LogP contribution < -0.4 is 19.6 Å². The molecule has 0 aliphatic carbocycles. The molecular weight excluding hydrogens is 532 g/mol. The van der Waals surface area contributed by atoms with E-state index < -0.39 is 11.8 Å². The molecule has 2 amide bonds. The van der Waals surface area contributed by atoms with E-state index in [0.29, 0.717) is 47.4 Å². The third kappa shape index (κ3) is 6.87. The number of allylic oxidation sites excluding steroid dienone is 1. The van der Waals surface area contributed by atoms with E-state index >= 15 is 0 Å². The van der Waals surface area contributed by atoms with E-state index in [0.717, 1.165) is 33.5 Å². The van der Waals surface area contributed by atoms with Crippen molar-refractivity contribution in [2.75, 3.05) is 13.7 Å². The highest BCUT2D eigenvalue weighted by atomic mass is 32.2. The molecule has 1 aliphatic rings. The Morgan fingerprint density at radius 2 is 1.85 bits per heavy atom. The monoisotopic (exact) mass is 560 g/mol. The highest BCUT2D eigenvalue weighted by Crippen LogP contribution is 2.37. The van der Waals surface area contributed by atoms with Gasteiger partial charge in [-0.3, -0.25) is 15.0 Å². The van der Waals surface area contributed by atoms with Gasteiger partial charge in [-0.05, 0) is 79.2 Å². The van der Waals surface area contributed by atoms with Crippen LogP contribution in [0.5, 0.6) is 17.2 Å². The smallest absolute Gasteiger partial charge is 0.285 e. The van der Waals surface area contributed by atoms with Gasteiger partial charge in [0.25, 0.3) is 11.8 Å². The second kappa shape index (κ2) is 13.1. The van der Waals surface area contributed by atoms with Crippen molar-refractivity contribution in [3.8, 4) is 17.2 Å². The molecule has 3 aromatic carbocycles. The third-order valence-corrected chi connectivity index (χ3v) is 7.00. The van der Waals surface area contributed by atoms with E-state index in [2.05, 4.69) is 12.0 Å². The minimum Gasteiger partial charge on any atom is -0.497 e. The lowest BCUT2D eigenvalue weighted by Gasteiger charge is -2.17. The van der Waals surface area contributed by atoms with Gasteiger partial charge in [0.05, 0.1) is 18.6 Å². The number of methoxy groups -OCH3 is 1. The van der Waals surface area contributed by atoms with Crippen molar-refractivity contribution in [1.29, 1.82) is 0 Å². The topological polar surface area (TPSA) is 77.1 Å². The summed E-state index contributed by atoms with van der Waals surface area (Å²) in [4.78, 5) is 26.3. The Bertz CT molecular complexity index is 1400. The molecule has 0 radical (unpaired) electrons. The van der Waals surface area contributed by atoms with Gasteiger partial charge in [0.15, 0.2) is 15.8 Å². The SMILES string of the molecule is C=CCc1cc(/C=C2/SC(=S)N(NC(=O)c3ccc(OC)cc3)C2=O)cc(OCC)c1OCc1ccccc1. The number of hydrazine groups is 1. The summed E-state index contributed by atoms with van der Waals surface area (Å²) >= 11 is 6.50. The maximum atomic E-state index is 13.2. The summed E-state index contributed by atoms with van der Waals surface area (Å²) in [5.74, 6) is 0.958. The van der Waals surface area contributed by atoms with Crippen molar-refractivity contribution in [3.05, 3.63) is 107 Å². The van der Waals surface area contributed by atoms with Gasteiger partial charge in [0, 0.05) is 11.1 Å². The van der Waals surface area contributed by atoms with Gasteiger partial charge in [0.2, 0.25) is 0 Å². The number of thioether (sulfide) groups is 1. The molecule has 0 unspecified atom stereocenters. The van der Waals surface area contributed by atoms with E-state index in [4.69, 9.17) is 26.4 Å². The molecule has 7 nitrogen and oxygen atoms in total. The van der Waals surface area contributed by atoms with Gasteiger partial charge < -0.3 is 14.2 Å². The summed E-state index contributed by atoms with van der Waals surface area (Å²) in [6.45, 7) is 6.61. The molecule has 0 saturated carbocycles. The molecule has 1 heterocycles. The quantitative estimate of drug-likeness (QED) is 0.177. The Balaban J connectivity index is 1.57. The molecule has 1 N–H and O–H groups in total. The Kier molecular flexibility index (Phi) is 9.40. The summed E-state index contributed by atoms with van der Waals surface area (Å²) in [5.41, 5.74) is 5.62. The van der Waals surface area contributed by atoms with Crippen molar-refractivity contribution < 1.29 is 23.8 Å². The van der Waals surface area contributed by atoms with Crippen LogP contribution >= 0.6 is 24.0 Å². The Hall–Kier alpha value is -4.08. The second-order valence-corrected chi connectivity index (χ2v) is 10.1. The summed E-state index contributed by atoms with van der Waals surface area (Å²) in [7, 11) is 1.55. The molecule has 39 heavy (non-hydrogen) atoms. The number of carbonyl (C=O) groups is 2. The molecule has 1 aliphatic heterocycles. The first-order valence-electron chi connectivity index (χ1n) is 12.2. The van der Waals surface area contributed by atoms with Crippen molar-refractivity contribution in [2.24, 2.45) is 0 Å². The maximum Gasteiger partial charge on any atom is 0.285 e. The van der Waals surface area contributed by atoms with E-state index in [1.54, 1.807) is 43.5 Å². The van der Waals surface area contributed by atoms with Gasteiger partial charge in [-0.2, -0.15) is 5.01 Å². The summed E-state index contributed by atoms with van der Waals surface area (Å²) in [5, 5.41) is 1.09. The van der Waals surface area contributed by atoms with Gasteiger partial charge in [0.1, 0.15) is 12.4 Å². The lowest BCUT2D eigenvalue weighted by Crippen LogP contribution is -2.44. The predicted molar refractivity (Wildman–Crippen MR) is 158 cm³/mol. The number of nitrogens with one attached hydrogen (secondary N) is 1. The second-order valence-electron chi connectivity index (χ2n) is 8.39. The number of carbonyl (C=O) groups excluding carboxylic acids is 2. The van der Waals surface area contributed by atoms with Gasteiger partial charge in [-0.25, -0.2) is 0 Å². The van der Waals surface area contributed by atoms with E-state index in [1.807, 2.05) is 49.4 Å². The average molecular weight is 561 g/mol. The maximum absolute atomic E-state index is 13.2. The van der Waals surface area contributed by atoms with Crippen LogP contribution in [0.2, 0.25) is 0 Å². The number of thiocarbonyl (C=S) groups is 1. The molecule has 0 spiro atoms. The van der Waals surface area contributed by atoms with E-state index in [9.17, 15) is 9.59 Å². The van der Waals surface area contributed by atoms with Crippen molar-refractivity contribution in [2.45, 2.75) is 20.0 Å². The molecule has 3 aromatic rings. The average Bonchev–Trinajstić information content (AvgIpc) is 3.20. The summed E-state index contributed by atoms with van der Waals surface area (Å²) in [6.07, 6.45) is 4.07. The third-order valence-electron chi connectivity index (χ3n) is 5.70. The van der Waals surface area contributed by atoms with Gasteiger partial charge in [-0.15, -0.1) is 6.58 Å². The van der Waals surface area contributed by atoms with Crippen molar-refractivity contribution in [3.63, 3.8) is 0 Å². The van der Waals surface area contributed by atoms with Crippen LogP contribution in [-0.2, 0) is 17.8 Å². The van der Waals surface area contributed by atoms with Gasteiger partial charge in [-0.1, -0.05) is 48.2 Å². The molecule has 4 rings (SSSR count). The van der Waals surface area contributed by atoms with Gasteiger partial charge >= 0.3 is 0 Å². The van der Waals surface area contributed by atoms with E-state index in [-0.39, 0.29) is 4.32 Å². The Morgan fingerprint density at radius 3 is 2.51 bits per heavy atom. The lowest BCUT2D eigenvalue weighted by atomic mass is 10.0. The molecular formula is C30H28N2O5S2. The largest absolute Gasteiger partial charge is 0.497 e. The molecule has 1 fully saturated rings. The number of amides is 2. The standard InChI is InChI=1S/C30H28N2O5S2/c1-4-9-23-16-21(17-25(36-5-2)27(23)37-19-20-10-7-6-8-11-20)18-26-29(34)32(30(38)39-26)31-28(33)22-12-14-24(35-3)15-13-22/h4,6-8,10-18H,1,5,9,19H2,2-3H3,(H,31,33)/b26-18+. The fourth-order valence-electron chi connectivity index (χ4n) is 3.85. The molecule has 1 saturated heterocycles. The first-order chi connectivity index (χ1) is 18.9. The van der Waals surface area contributed by atoms with Crippen LogP contribution in [0.25, 0.3) is 6.08 Å². The molecule has 200 valence electrons. The van der Waals surface area contributed by atoms with Crippen molar-refractivity contribution in [1.82, 2.24) is 10.4 Å². The number of nitrogens with zero attached hydrogens (tertiary/aromatic N) is 1. The number of ether oxygens (including phenoxy) is 3. The minimum atomic E-state index is -0.456. The Labute approximate surface area is 237 Å². The zero-order chi connectivity index (χ0) is 27.8. The number of rotatable bonds is 11. The minimum absolute atomic E-state index is 0.229. The number of hydrogen-bond donors (Lipinski definition) is 1.